The van der Waals surface area contributed by atoms with E-state index in [1.54, 1.807) is 30.3 Å². The molecule has 1 aliphatic rings. The molecule has 0 unspecified atom stereocenters. The molecule has 5 atom stereocenters. The lowest BCUT2D eigenvalue weighted by molar-refractivity contribution is -0.204. The number of anilines is 1. The van der Waals surface area contributed by atoms with E-state index in [4.69, 9.17) is 4.74 Å². The molecule has 1 fully saturated rings. The number of fused-ring (bicyclic) bond motifs is 1. The number of aromatic hydroxyl groups is 1. The van der Waals surface area contributed by atoms with E-state index < -0.39 is 37.3 Å². The second-order valence-electron chi connectivity index (χ2n) is 6.60. The summed E-state index contributed by atoms with van der Waals surface area (Å²) in [5.41, 5.74) is 2.20. The maximum atomic E-state index is 14.3. The second-order valence-corrected chi connectivity index (χ2v) is 7.63. The van der Waals surface area contributed by atoms with E-state index in [0.29, 0.717) is 5.69 Å². The van der Waals surface area contributed by atoms with Crippen molar-refractivity contribution in [1.29, 1.82) is 0 Å². The zero-order valence-corrected chi connectivity index (χ0v) is 15.4. The summed E-state index contributed by atoms with van der Waals surface area (Å²) in [7, 11) is 0. The van der Waals surface area contributed by atoms with Crippen LogP contribution in [-0.4, -0.2) is 62.7 Å². The molecule has 0 aliphatic carbocycles. The molecular formula is C19H19FN2O5S. The van der Waals surface area contributed by atoms with Crippen LogP contribution in [0.15, 0.2) is 42.5 Å². The smallest absolute Gasteiger partial charge is 0.173 e. The topological polar surface area (TPSA) is 115 Å². The van der Waals surface area contributed by atoms with E-state index in [1.807, 2.05) is 12.1 Å². The van der Waals surface area contributed by atoms with Crippen molar-refractivity contribution in [2.45, 2.75) is 30.7 Å². The van der Waals surface area contributed by atoms with Crippen molar-refractivity contribution in [3.8, 4) is 16.3 Å². The average molecular weight is 405 g/mol. The van der Waals surface area contributed by atoms with Crippen LogP contribution in [0.25, 0.3) is 20.8 Å². The van der Waals surface area contributed by atoms with Crippen LogP contribution in [0.2, 0.25) is 0 Å². The summed E-state index contributed by atoms with van der Waals surface area (Å²) in [5.74, 6) is 0.184. The van der Waals surface area contributed by atoms with E-state index in [1.165, 1.54) is 11.3 Å². The summed E-state index contributed by atoms with van der Waals surface area (Å²) in [6.07, 6.45) is -7.26. The van der Waals surface area contributed by atoms with E-state index in [-0.39, 0.29) is 5.75 Å². The van der Waals surface area contributed by atoms with Crippen molar-refractivity contribution in [2.75, 3.05) is 11.9 Å². The Morgan fingerprint density at radius 2 is 1.86 bits per heavy atom. The van der Waals surface area contributed by atoms with Crippen LogP contribution in [0.4, 0.5) is 10.1 Å². The first kappa shape index (κ1) is 19.0. The van der Waals surface area contributed by atoms with Gasteiger partial charge in [-0.15, -0.1) is 11.3 Å². The number of hydrogen-bond acceptors (Lipinski definition) is 8. The summed E-state index contributed by atoms with van der Waals surface area (Å²) in [4.78, 5) is 4.53. The molecule has 0 saturated carbocycles. The standard InChI is InChI=1S/C19H19FN2O5S/c20-15-17(26)16(25)13(8-23)27-18(15)21-10-3-1-9(2-4-10)19-22-12-6-5-11(24)7-14(12)28-19/h1-7,13,15-18,21,23-26H,8H2/t13-,15-,16-,17-,18+/m1/s1/i20-1. The van der Waals surface area contributed by atoms with Crippen LogP contribution in [-0.2, 0) is 4.74 Å². The quantitative estimate of drug-likeness (QED) is 0.450. The van der Waals surface area contributed by atoms with Crippen LogP contribution in [0.5, 0.6) is 5.75 Å². The van der Waals surface area contributed by atoms with Gasteiger partial charge < -0.3 is 30.5 Å². The van der Waals surface area contributed by atoms with Gasteiger partial charge in [0.25, 0.3) is 0 Å². The van der Waals surface area contributed by atoms with Gasteiger partial charge >= 0.3 is 0 Å². The monoisotopic (exact) mass is 405 g/mol. The van der Waals surface area contributed by atoms with Gasteiger partial charge in [0.1, 0.15) is 29.1 Å². The predicted octanol–water partition coefficient (Wildman–Crippen LogP) is 1.86. The van der Waals surface area contributed by atoms with Gasteiger partial charge in [0, 0.05) is 11.3 Å². The van der Waals surface area contributed by atoms with E-state index >= 15 is 0 Å². The first-order valence-corrected chi connectivity index (χ1v) is 9.51. The van der Waals surface area contributed by atoms with E-state index in [9.17, 15) is 24.8 Å². The summed E-state index contributed by atoms with van der Waals surface area (Å²) in [5, 5.41) is 41.9. The average Bonchev–Trinajstić information content (AvgIpc) is 3.12. The highest BCUT2D eigenvalue weighted by Crippen LogP contribution is 2.33. The van der Waals surface area contributed by atoms with Crippen LogP contribution >= 0.6 is 11.3 Å². The Hall–Kier alpha value is -2.30. The number of alkyl halides is 1. The third kappa shape index (κ3) is 3.54. The molecule has 9 heteroatoms. The van der Waals surface area contributed by atoms with Crippen molar-refractivity contribution in [3.05, 3.63) is 42.5 Å². The van der Waals surface area contributed by atoms with Gasteiger partial charge in [-0.05, 0) is 42.5 Å². The second kappa shape index (κ2) is 7.61. The molecule has 7 nitrogen and oxygen atoms in total. The molecule has 0 bridgehead atoms. The third-order valence-electron chi connectivity index (χ3n) is 4.66. The summed E-state index contributed by atoms with van der Waals surface area (Å²) >= 11 is 1.45. The molecule has 1 aliphatic heterocycles. The van der Waals surface area contributed by atoms with Crippen LogP contribution < -0.4 is 5.32 Å². The Kier molecular flexibility index (Phi) is 5.17. The predicted molar refractivity (Wildman–Crippen MR) is 103 cm³/mol. The maximum absolute atomic E-state index is 14.3. The van der Waals surface area contributed by atoms with Crippen molar-refractivity contribution in [3.63, 3.8) is 0 Å². The zero-order chi connectivity index (χ0) is 19.8. The van der Waals surface area contributed by atoms with Gasteiger partial charge in [-0.2, -0.15) is 0 Å². The molecule has 1 aromatic heterocycles. The van der Waals surface area contributed by atoms with Gasteiger partial charge in [0.05, 0.1) is 16.8 Å². The number of thiazole rings is 1. The minimum Gasteiger partial charge on any atom is -0.508 e. The van der Waals surface area contributed by atoms with Crippen molar-refractivity contribution < 1.29 is 29.6 Å². The Bertz CT molecular complexity index is 965. The fraction of sp³-hybridized carbons (Fsp3) is 0.316. The normalized spacial score (nSPS) is 27.8. The van der Waals surface area contributed by atoms with Gasteiger partial charge in [-0.3, -0.25) is 0 Å². The molecule has 0 amide bonds. The summed E-state index contributed by atoms with van der Waals surface area (Å²) in [6, 6.07) is 12.1. The van der Waals surface area contributed by atoms with Crippen LogP contribution in [0.3, 0.4) is 0 Å². The van der Waals surface area contributed by atoms with Crippen molar-refractivity contribution in [2.24, 2.45) is 0 Å². The number of aromatic nitrogens is 1. The molecule has 5 N–H and O–H groups in total. The van der Waals surface area contributed by atoms with Gasteiger partial charge in [-0.1, -0.05) is 0 Å². The number of nitrogens with zero attached hydrogens (tertiary/aromatic N) is 1. The molecule has 28 heavy (non-hydrogen) atoms. The molecule has 2 aromatic carbocycles. The van der Waals surface area contributed by atoms with Gasteiger partial charge in [0.15, 0.2) is 12.4 Å². The number of nitrogens with one attached hydrogen (secondary N) is 1. The highest BCUT2D eigenvalue weighted by Gasteiger charge is 2.44. The maximum Gasteiger partial charge on any atom is 0.173 e. The first-order valence-electron chi connectivity index (χ1n) is 8.69. The van der Waals surface area contributed by atoms with Crippen molar-refractivity contribution >= 4 is 27.2 Å². The number of halogens is 1. The minimum atomic E-state index is -1.85. The number of aliphatic hydroxyl groups excluding tert-OH is 3. The number of benzene rings is 2. The number of phenolic OH excluding ortho intramolecular Hbond substituents is 1. The molecule has 3 aromatic rings. The minimum absolute atomic E-state index is 0.184. The Labute approximate surface area is 163 Å². The number of rotatable bonds is 4. The molecule has 0 radical (unpaired) electrons. The number of phenols is 1. The van der Waals surface area contributed by atoms with E-state index in [2.05, 4.69) is 10.3 Å². The number of hydrogen-bond donors (Lipinski definition) is 5. The molecule has 0 spiro atoms. The molecule has 2 heterocycles. The lowest BCUT2D eigenvalue weighted by atomic mass is 9.99. The number of ether oxygens (including phenoxy) is 1. The Morgan fingerprint density at radius 3 is 2.57 bits per heavy atom. The van der Waals surface area contributed by atoms with Crippen LogP contribution in [0, 0.1) is 0 Å². The fourth-order valence-electron chi connectivity index (χ4n) is 3.11. The summed E-state index contributed by atoms with van der Waals surface area (Å²) in [6.45, 7) is -0.533. The van der Waals surface area contributed by atoms with Gasteiger partial charge in [-0.25, -0.2) is 9.37 Å². The molecule has 1 saturated heterocycles. The first-order chi connectivity index (χ1) is 13.5. The fourth-order valence-corrected chi connectivity index (χ4v) is 4.11. The molecular weight excluding hydrogens is 386 g/mol. The van der Waals surface area contributed by atoms with E-state index in [0.717, 1.165) is 20.8 Å². The molecule has 148 valence electrons. The lowest BCUT2D eigenvalue weighted by Crippen LogP contribution is -2.59. The Morgan fingerprint density at radius 1 is 1.11 bits per heavy atom. The largest absolute Gasteiger partial charge is 0.508 e. The zero-order valence-electron chi connectivity index (χ0n) is 14.6. The third-order valence-corrected chi connectivity index (χ3v) is 5.73. The van der Waals surface area contributed by atoms with Crippen molar-refractivity contribution in [1.82, 2.24) is 4.98 Å². The van der Waals surface area contributed by atoms with Crippen LogP contribution in [0.1, 0.15) is 0 Å². The highest BCUT2D eigenvalue weighted by atomic mass is 32.1. The highest BCUT2D eigenvalue weighted by molar-refractivity contribution is 7.21. The summed E-state index contributed by atoms with van der Waals surface area (Å²) < 4.78 is 20.5. The SMILES string of the molecule is OC[C@H]1O[C@H](Nc2ccc(-c3nc4ccc(O)cc4s3)cc2)[C@H]([18F])[C@@H](O)[C@@H]1O. The van der Waals surface area contributed by atoms with Gasteiger partial charge in [0.2, 0.25) is 0 Å². The Balaban J connectivity index is 1.51. The number of aliphatic hydroxyl groups is 3. The lowest BCUT2D eigenvalue weighted by Gasteiger charge is -2.39. The molecule has 4 rings (SSSR count).